The van der Waals surface area contributed by atoms with E-state index >= 15 is 0 Å². The Morgan fingerprint density at radius 1 is 1.33 bits per heavy atom. The van der Waals surface area contributed by atoms with E-state index in [0.717, 1.165) is 16.4 Å². The zero-order chi connectivity index (χ0) is 15.7. The Hall–Kier alpha value is -1.32. The Labute approximate surface area is 120 Å². The molecule has 0 bridgehead atoms. The highest BCUT2D eigenvalue weighted by atomic mass is 32.2. The van der Waals surface area contributed by atoms with Gasteiger partial charge >= 0.3 is 6.36 Å². The molecule has 0 N–H and O–H groups in total. The van der Waals surface area contributed by atoms with Crippen LogP contribution >= 0.6 is 0 Å². The summed E-state index contributed by atoms with van der Waals surface area (Å²) in [5.41, 5.74) is 0. The van der Waals surface area contributed by atoms with E-state index in [4.69, 9.17) is 4.74 Å². The van der Waals surface area contributed by atoms with Crippen molar-refractivity contribution in [3.05, 3.63) is 24.3 Å². The number of hydrogen-bond donors (Lipinski definition) is 0. The van der Waals surface area contributed by atoms with Crippen LogP contribution in [0.4, 0.5) is 13.2 Å². The summed E-state index contributed by atoms with van der Waals surface area (Å²) in [4.78, 5) is -0.503. The van der Waals surface area contributed by atoms with Crippen molar-refractivity contribution in [3.8, 4) is 5.75 Å². The predicted octanol–water partition coefficient (Wildman–Crippen LogP) is 1.99. The van der Waals surface area contributed by atoms with E-state index < -0.39 is 27.0 Å². The van der Waals surface area contributed by atoms with Gasteiger partial charge in [-0.2, -0.15) is 4.31 Å². The van der Waals surface area contributed by atoms with E-state index in [0.29, 0.717) is 0 Å². The molecule has 118 valence electrons. The Bertz CT molecular complexity index is 603. The highest BCUT2D eigenvalue weighted by Crippen LogP contribution is 2.31. The first-order valence-corrected chi connectivity index (χ1v) is 7.61. The number of nitrogens with zero attached hydrogens (tertiary/aromatic N) is 1. The number of hydrogen-bond acceptors (Lipinski definition) is 4. The van der Waals surface area contributed by atoms with Crippen molar-refractivity contribution >= 4 is 10.0 Å². The van der Waals surface area contributed by atoms with Gasteiger partial charge in [0.1, 0.15) is 10.6 Å². The van der Waals surface area contributed by atoms with E-state index in [9.17, 15) is 21.6 Å². The monoisotopic (exact) mass is 325 g/mol. The van der Waals surface area contributed by atoms with Crippen LogP contribution in [-0.4, -0.2) is 44.9 Å². The molecule has 5 nitrogen and oxygen atoms in total. The summed E-state index contributed by atoms with van der Waals surface area (Å²) in [6.45, 7) is 2.07. The molecule has 9 heteroatoms. The van der Waals surface area contributed by atoms with Gasteiger partial charge in [-0.25, -0.2) is 8.42 Å². The van der Waals surface area contributed by atoms with Crippen LogP contribution in [0.5, 0.6) is 5.75 Å². The van der Waals surface area contributed by atoms with Crippen LogP contribution in [0.2, 0.25) is 0 Å². The lowest BCUT2D eigenvalue weighted by Gasteiger charge is -2.30. The van der Waals surface area contributed by atoms with E-state index in [2.05, 4.69) is 4.74 Å². The molecule has 1 aliphatic rings. The number of benzene rings is 1. The molecule has 0 aliphatic carbocycles. The first-order valence-electron chi connectivity index (χ1n) is 6.17. The summed E-state index contributed by atoms with van der Waals surface area (Å²) in [5.74, 6) is -0.732. The fourth-order valence-electron chi connectivity index (χ4n) is 2.02. The van der Waals surface area contributed by atoms with Crippen LogP contribution in [0.1, 0.15) is 6.92 Å². The predicted molar refractivity (Wildman–Crippen MR) is 67.3 cm³/mol. The lowest BCUT2D eigenvalue weighted by atomic mass is 10.3. The fraction of sp³-hybridized carbons (Fsp3) is 0.500. The summed E-state index contributed by atoms with van der Waals surface area (Å²) >= 11 is 0. The molecule has 1 atom stereocenters. The Morgan fingerprint density at radius 3 is 2.62 bits per heavy atom. The third-order valence-corrected chi connectivity index (χ3v) is 4.80. The third-order valence-electron chi connectivity index (χ3n) is 2.90. The van der Waals surface area contributed by atoms with Crippen molar-refractivity contribution in [1.82, 2.24) is 4.31 Å². The number of ether oxygens (including phenoxy) is 2. The largest absolute Gasteiger partial charge is 0.573 e. The van der Waals surface area contributed by atoms with Gasteiger partial charge in [0, 0.05) is 13.1 Å². The number of para-hydroxylation sites is 1. The standard InChI is InChI=1S/C12H14F3NO4S/c1-9-8-16(6-7-19-9)21(17,18)11-5-3-2-4-10(11)20-12(13,14)15/h2-5,9H,6-8H2,1H3. The van der Waals surface area contributed by atoms with E-state index in [1.807, 2.05) is 0 Å². The maximum atomic E-state index is 12.5. The van der Waals surface area contributed by atoms with Crippen LogP contribution in [0.15, 0.2) is 29.2 Å². The molecule has 0 spiro atoms. The van der Waals surface area contributed by atoms with Crippen molar-refractivity contribution in [1.29, 1.82) is 0 Å². The van der Waals surface area contributed by atoms with Gasteiger partial charge in [0.15, 0.2) is 0 Å². The lowest BCUT2D eigenvalue weighted by molar-refractivity contribution is -0.275. The second kappa shape index (κ2) is 5.82. The first-order chi connectivity index (χ1) is 9.70. The number of morpholine rings is 1. The molecule has 1 fully saturated rings. The van der Waals surface area contributed by atoms with Gasteiger partial charge in [-0.15, -0.1) is 13.2 Å². The number of rotatable bonds is 3. The molecule has 0 saturated carbocycles. The smallest absolute Gasteiger partial charge is 0.404 e. The molecular formula is C12H14F3NO4S. The molecular weight excluding hydrogens is 311 g/mol. The van der Waals surface area contributed by atoms with Gasteiger partial charge < -0.3 is 9.47 Å². The number of sulfonamides is 1. The van der Waals surface area contributed by atoms with Crippen LogP contribution in [-0.2, 0) is 14.8 Å². The highest BCUT2D eigenvalue weighted by molar-refractivity contribution is 7.89. The van der Waals surface area contributed by atoms with Crippen molar-refractivity contribution < 1.29 is 31.1 Å². The van der Waals surface area contributed by atoms with Crippen molar-refractivity contribution in [2.24, 2.45) is 0 Å². The second-order valence-electron chi connectivity index (χ2n) is 4.54. The average Bonchev–Trinajstić information content (AvgIpc) is 2.37. The third kappa shape index (κ3) is 3.86. The van der Waals surface area contributed by atoms with Gasteiger partial charge in [0.25, 0.3) is 0 Å². The summed E-state index contributed by atoms with van der Waals surface area (Å²) < 4.78 is 72.1. The zero-order valence-corrected chi connectivity index (χ0v) is 11.9. The van der Waals surface area contributed by atoms with E-state index in [-0.39, 0.29) is 25.8 Å². The van der Waals surface area contributed by atoms with Crippen LogP contribution < -0.4 is 4.74 Å². The Balaban J connectivity index is 2.36. The molecule has 0 aromatic heterocycles. The summed E-state index contributed by atoms with van der Waals surface area (Å²) in [7, 11) is -4.07. The van der Waals surface area contributed by atoms with Gasteiger partial charge in [0.2, 0.25) is 10.0 Å². The zero-order valence-electron chi connectivity index (χ0n) is 11.1. The van der Waals surface area contributed by atoms with Crippen molar-refractivity contribution in [2.45, 2.75) is 24.3 Å². The first kappa shape index (κ1) is 16.1. The minimum Gasteiger partial charge on any atom is -0.404 e. The topological polar surface area (TPSA) is 55.8 Å². The summed E-state index contributed by atoms with van der Waals surface area (Å²) in [6.07, 6.45) is -5.27. The number of halogens is 3. The molecule has 1 saturated heterocycles. The molecule has 21 heavy (non-hydrogen) atoms. The van der Waals surface area contributed by atoms with Gasteiger partial charge in [-0.05, 0) is 19.1 Å². The minimum absolute atomic E-state index is 0.0860. The van der Waals surface area contributed by atoms with E-state index in [1.54, 1.807) is 6.92 Å². The van der Waals surface area contributed by atoms with Gasteiger partial charge in [-0.1, -0.05) is 12.1 Å². The maximum Gasteiger partial charge on any atom is 0.573 e. The minimum atomic E-state index is -4.95. The molecule has 1 aromatic carbocycles. The van der Waals surface area contributed by atoms with Crippen LogP contribution in [0, 0.1) is 0 Å². The molecule has 0 amide bonds. The molecule has 1 heterocycles. The molecule has 0 radical (unpaired) electrons. The average molecular weight is 325 g/mol. The quantitative estimate of drug-likeness (QED) is 0.853. The Kier molecular flexibility index (Phi) is 4.45. The van der Waals surface area contributed by atoms with Crippen molar-refractivity contribution in [2.75, 3.05) is 19.7 Å². The molecule has 2 rings (SSSR count). The van der Waals surface area contributed by atoms with Gasteiger partial charge in [0.05, 0.1) is 12.7 Å². The molecule has 1 aromatic rings. The Morgan fingerprint density at radius 2 is 2.00 bits per heavy atom. The SMILES string of the molecule is CC1CN(S(=O)(=O)c2ccccc2OC(F)(F)F)CCO1. The normalized spacial score (nSPS) is 21.2. The van der Waals surface area contributed by atoms with Crippen LogP contribution in [0.25, 0.3) is 0 Å². The number of alkyl halides is 3. The van der Waals surface area contributed by atoms with Gasteiger partial charge in [-0.3, -0.25) is 0 Å². The summed E-state index contributed by atoms with van der Waals surface area (Å²) in [6, 6.07) is 4.70. The molecule has 1 unspecified atom stereocenters. The van der Waals surface area contributed by atoms with E-state index in [1.165, 1.54) is 12.1 Å². The maximum absolute atomic E-state index is 12.5. The fourth-order valence-corrected chi connectivity index (χ4v) is 3.63. The summed E-state index contributed by atoms with van der Waals surface area (Å²) in [5, 5.41) is 0. The van der Waals surface area contributed by atoms with Crippen molar-refractivity contribution in [3.63, 3.8) is 0 Å². The highest BCUT2D eigenvalue weighted by Gasteiger charge is 2.36. The lowest BCUT2D eigenvalue weighted by Crippen LogP contribution is -2.44. The molecule has 1 aliphatic heterocycles. The second-order valence-corrected chi connectivity index (χ2v) is 6.45. The van der Waals surface area contributed by atoms with Crippen LogP contribution in [0.3, 0.4) is 0 Å².